The maximum Gasteiger partial charge on any atom is 0.279 e. The lowest BCUT2D eigenvalue weighted by molar-refractivity contribution is -0.122. The molecule has 20 heavy (non-hydrogen) atoms. The number of alkyl halides is 2. The third kappa shape index (κ3) is 1.82. The van der Waals surface area contributed by atoms with Crippen LogP contribution in [0.3, 0.4) is 0 Å². The second kappa shape index (κ2) is 4.62. The molecule has 1 saturated heterocycles. The first-order valence-electron chi connectivity index (χ1n) is 5.75. The van der Waals surface area contributed by atoms with Crippen molar-refractivity contribution in [2.45, 2.75) is 12.5 Å². The van der Waals surface area contributed by atoms with Crippen molar-refractivity contribution in [3.8, 4) is 0 Å². The minimum atomic E-state index is -2.86. The van der Waals surface area contributed by atoms with Gasteiger partial charge in [0.1, 0.15) is 17.7 Å². The first kappa shape index (κ1) is 13.2. The van der Waals surface area contributed by atoms with Gasteiger partial charge in [0, 0.05) is 4.47 Å². The molecule has 1 aromatic rings. The molecular formula is C12H8BrF2N3O2. The van der Waals surface area contributed by atoms with Crippen molar-refractivity contribution < 1.29 is 18.4 Å². The van der Waals surface area contributed by atoms with Gasteiger partial charge < -0.3 is 0 Å². The third-order valence-corrected chi connectivity index (χ3v) is 3.74. The van der Waals surface area contributed by atoms with Gasteiger partial charge in [-0.2, -0.15) is 5.10 Å². The Balaban J connectivity index is 1.99. The average Bonchev–Trinajstić information content (AvgIpc) is 2.91. The van der Waals surface area contributed by atoms with Gasteiger partial charge in [-0.05, 0) is 18.2 Å². The molecule has 0 radical (unpaired) electrons. The molecule has 0 spiro atoms. The van der Waals surface area contributed by atoms with E-state index in [1.165, 1.54) is 0 Å². The van der Waals surface area contributed by atoms with E-state index in [-0.39, 0.29) is 0 Å². The Labute approximate surface area is 120 Å². The van der Waals surface area contributed by atoms with Crippen LogP contribution in [0.15, 0.2) is 33.8 Å². The smallest absolute Gasteiger partial charge is 0.279 e. The Morgan fingerprint density at radius 2 is 2.05 bits per heavy atom. The molecule has 1 N–H and O–H groups in total. The molecule has 0 aliphatic carbocycles. The Kier molecular flexibility index (Phi) is 3.04. The standard InChI is InChI=1S/C12H8BrF2N3O2/c13-5-2-1-3-6(4-5)18-11(19)7-8(10(14)15)16-17-9(7)12(18)20/h1-4,7,9-10,17H. The normalized spacial score (nSPS) is 25.0. The maximum absolute atomic E-state index is 12.8. The van der Waals surface area contributed by atoms with Crippen molar-refractivity contribution in [1.29, 1.82) is 0 Å². The molecule has 2 atom stereocenters. The molecule has 1 fully saturated rings. The predicted molar refractivity (Wildman–Crippen MR) is 70.5 cm³/mol. The number of nitrogens with zero attached hydrogens (tertiary/aromatic N) is 2. The Morgan fingerprint density at radius 3 is 2.70 bits per heavy atom. The van der Waals surface area contributed by atoms with E-state index in [2.05, 4.69) is 26.5 Å². The summed E-state index contributed by atoms with van der Waals surface area (Å²) < 4.78 is 26.3. The van der Waals surface area contributed by atoms with Crippen LogP contribution in [0.2, 0.25) is 0 Å². The second-order valence-electron chi connectivity index (χ2n) is 4.41. The number of halogens is 3. The summed E-state index contributed by atoms with van der Waals surface area (Å²) in [5, 5.41) is 3.41. The Morgan fingerprint density at radius 1 is 1.30 bits per heavy atom. The van der Waals surface area contributed by atoms with Gasteiger partial charge >= 0.3 is 0 Å². The molecule has 2 heterocycles. The molecule has 2 amide bonds. The quantitative estimate of drug-likeness (QED) is 0.828. The lowest BCUT2D eigenvalue weighted by Crippen LogP contribution is -2.36. The minimum absolute atomic E-state index is 0.346. The third-order valence-electron chi connectivity index (χ3n) is 3.25. The zero-order valence-corrected chi connectivity index (χ0v) is 11.5. The van der Waals surface area contributed by atoms with Gasteiger partial charge in [-0.3, -0.25) is 15.0 Å². The van der Waals surface area contributed by atoms with Gasteiger partial charge in [0.2, 0.25) is 5.91 Å². The number of carbonyl (C=O) groups excluding carboxylic acids is 2. The summed E-state index contributed by atoms with van der Waals surface area (Å²) in [6, 6.07) is 5.51. The van der Waals surface area contributed by atoms with E-state index < -0.39 is 35.9 Å². The van der Waals surface area contributed by atoms with Crippen molar-refractivity contribution in [3.05, 3.63) is 28.7 Å². The van der Waals surface area contributed by atoms with Gasteiger partial charge in [0.05, 0.1) is 5.69 Å². The van der Waals surface area contributed by atoms with E-state index in [1.54, 1.807) is 24.3 Å². The maximum atomic E-state index is 12.8. The molecule has 5 nitrogen and oxygen atoms in total. The predicted octanol–water partition coefficient (Wildman–Crippen LogP) is 1.53. The van der Waals surface area contributed by atoms with E-state index in [4.69, 9.17) is 0 Å². The lowest BCUT2D eigenvalue weighted by atomic mass is 9.99. The first-order valence-corrected chi connectivity index (χ1v) is 6.54. The van der Waals surface area contributed by atoms with Crippen LogP contribution in [-0.2, 0) is 9.59 Å². The molecule has 2 unspecified atom stereocenters. The van der Waals surface area contributed by atoms with Gasteiger partial charge in [-0.1, -0.05) is 22.0 Å². The zero-order valence-electron chi connectivity index (χ0n) is 9.89. The number of imide groups is 1. The fourth-order valence-corrected chi connectivity index (χ4v) is 2.75. The van der Waals surface area contributed by atoms with Crippen molar-refractivity contribution in [2.75, 3.05) is 4.90 Å². The first-order chi connectivity index (χ1) is 9.50. The van der Waals surface area contributed by atoms with E-state index in [0.29, 0.717) is 10.2 Å². The number of hydrogen-bond donors (Lipinski definition) is 1. The topological polar surface area (TPSA) is 61.8 Å². The molecule has 2 aliphatic heterocycles. The van der Waals surface area contributed by atoms with Crippen LogP contribution in [-0.4, -0.2) is 30.0 Å². The number of nitrogens with one attached hydrogen (secondary N) is 1. The number of fused-ring (bicyclic) bond motifs is 1. The highest BCUT2D eigenvalue weighted by Gasteiger charge is 2.55. The highest BCUT2D eigenvalue weighted by molar-refractivity contribution is 9.10. The molecule has 0 saturated carbocycles. The van der Waals surface area contributed by atoms with E-state index in [0.717, 1.165) is 4.90 Å². The van der Waals surface area contributed by atoms with Crippen molar-refractivity contribution in [3.63, 3.8) is 0 Å². The summed E-state index contributed by atoms with van der Waals surface area (Å²) in [5.74, 6) is -2.47. The molecule has 104 valence electrons. The highest BCUT2D eigenvalue weighted by Crippen LogP contribution is 2.32. The van der Waals surface area contributed by atoms with Crippen molar-refractivity contribution in [2.24, 2.45) is 11.0 Å². The summed E-state index contributed by atoms with van der Waals surface area (Å²) >= 11 is 3.24. The fraction of sp³-hybridized carbons (Fsp3) is 0.250. The van der Waals surface area contributed by atoms with Crippen LogP contribution in [0.4, 0.5) is 14.5 Å². The van der Waals surface area contributed by atoms with Gasteiger partial charge in [-0.25, -0.2) is 13.7 Å². The SMILES string of the molecule is O=C1C2NN=C(C(F)F)C2C(=O)N1c1cccc(Br)c1. The molecule has 8 heteroatoms. The van der Waals surface area contributed by atoms with E-state index in [9.17, 15) is 18.4 Å². The van der Waals surface area contributed by atoms with Crippen LogP contribution in [0.1, 0.15) is 0 Å². The van der Waals surface area contributed by atoms with Crippen LogP contribution >= 0.6 is 15.9 Å². The summed E-state index contributed by atoms with van der Waals surface area (Å²) in [6.07, 6.45) is -2.86. The summed E-state index contributed by atoms with van der Waals surface area (Å²) in [5.41, 5.74) is 2.10. The number of hydrogen-bond acceptors (Lipinski definition) is 4. The van der Waals surface area contributed by atoms with Crippen molar-refractivity contribution >= 4 is 39.1 Å². The molecule has 2 aliphatic rings. The number of carbonyl (C=O) groups is 2. The second-order valence-corrected chi connectivity index (χ2v) is 5.33. The number of amides is 2. The molecule has 0 bridgehead atoms. The lowest BCUT2D eigenvalue weighted by Gasteiger charge is -2.15. The zero-order chi connectivity index (χ0) is 14.4. The largest absolute Gasteiger partial charge is 0.296 e. The minimum Gasteiger partial charge on any atom is -0.296 e. The summed E-state index contributed by atoms with van der Waals surface area (Å²) in [7, 11) is 0. The van der Waals surface area contributed by atoms with Gasteiger partial charge in [0.25, 0.3) is 12.3 Å². The van der Waals surface area contributed by atoms with E-state index >= 15 is 0 Å². The Hall–Kier alpha value is -1.83. The van der Waals surface area contributed by atoms with Crippen LogP contribution < -0.4 is 10.3 Å². The molecule has 3 rings (SSSR count). The van der Waals surface area contributed by atoms with Crippen LogP contribution in [0.5, 0.6) is 0 Å². The molecule has 1 aromatic carbocycles. The number of rotatable bonds is 2. The van der Waals surface area contributed by atoms with Gasteiger partial charge in [-0.15, -0.1) is 0 Å². The van der Waals surface area contributed by atoms with Gasteiger partial charge in [0.15, 0.2) is 0 Å². The summed E-state index contributed by atoms with van der Waals surface area (Å²) in [4.78, 5) is 25.4. The fourth-order valence-electron chi connectivity index (χ4n) is 2.37. The number of anilines is 1. The average molecular weight is 344 g/mol. The Bertz CT molecular complexity index is 635. The molecule has 0 aromatic heterocycles. The number of benzene rings is 1. The van der Waals surface area contributed by atoms with Crippen LogP contribution in [0, 0.1) is 5.92 Å². The van der Waals surface area contributed by atoms with E-state index in [1.807, 2.05) is 0 Å². The van der Waals surface area contributed by atoms with Crippen LogP contribution in [0.25, 0.3) is 0 Å². The number of hydrazone groups is 1. The highest BCUT2D eigenvalue weighted by atomic mass is 79.9. The molecular weight excluding hydrogens is 336 g/mol. The monoisotopic (exact) mass is 343 g/mol. The van der Waals surface area contributed by atoms with Crippen molar-refractivity contribution in [1.82, 2.24) is 5.43 Å². The summed E-state index contributed by atoms with van der Waals surface area (Å²) in [6.45, 7) is 0.